The van der Waals surface area contributed by atoms with Crippen molar-refractivity contribution in [2.45, 2.75) is 19.3 Å². The lowest BCUT2D eigenvalue weighted by Crippen LogP contribution is -2.80. The lowest BCUT2D eigenvalue weighted by atomic mass is 9.22. The topological polar surface area (TPSA) is 21.3 Å². The second-order valence-electron chi connectivity index (χ2n) is 13.6. The van der Waals surface area contributed by atoms with Crippen LogP contribution in [0.5, 0.6) is 11.5 Å². The van der Waals surface area contributed by atoms with Gasteiger partial charge in [-0.25, -0.2) is 43.9 Å². The summed E-state index contributed by atoms with van der Waals surface area (Å²) in [7, 11) is -2.34. The first-order chi connectivity index (χ1) is 25.7. The Morgan fingerprint density at radius 1 is 0.500 bits per heavy atom. The van der Waals surface area contributed by atoms with Crippen LogP contribution in [0.3, 0.4) is 0 Å². The molecule has 2 nitrogen and oxygen atoms in total. The van der Waals surface area contributed by atoms with Gasteiger partial charge >= 0.3 is 0 Å². The highest BCUT2D eigenvalue weighted by Gasteiger charge is 2.50. The van der Waals surface area contributed by atoms with Gasteiger partial charge in [-0.05, 0) is 37.5 Å². The molecule has 6 aromatic carbocycles. The van der Waals surface area contributed by atoms with E-state index in [1.807, 2.05) is 0 Å². The highest BCUT2D eigenvalue weighted by Crippen LogP contribution is 2.59. The van der Waals surface area contributed by atoms with Crippen molar-refractivity contribution in [1.82, 2.24) is 5.14 Å². The van der Waals surface area contributed by atoms with Gasteiger partial charge in [0.25, 0.3) is 0 Å². The molecule has 0 saturated carbocycles. The van der Waals surface area contributed by atoms with E-state index in [4.69, 9.17) is 4.74 Å². The maximum absolute atomic E-state index is 16.6. The van der Waals surface area contributed by atoms with Gasteiger partial charge in [0, 0.05) is 16.5 Å². The second-order valence-corrected chi connectivity index (χ2v) is 16.8. The molecular weight excluding hydrogens is 741 g/mol. The Kier molecular flexibility index (Phi) is 8.32. The molecule has 272 valence electrons. The Labute approximate surface area is 303 Å². The largest absolute Gasteiger partial charge is 0.669 e. The average Bonchev–Trinajstić information content (AvgIpc) is 3.23. The molecule has 15 heteroatoms. The fourth-order valence-electron chi connectivity index (χ4n) is 8.06. The molecule has 0 atom stereocenters. The number of nitrogens with one attached hydrogen (secondary N) is 1. The number of rotatable bonds is 4. The minimum Gasteiger partial charge on any atom is -0.669 e. The zero-order chi connectivity index (χ0) is 38.5. The summed E-state index contributed by atoms with van der Waals surface area (Å²) in [6.07, 6.45) is -4.72. The number of hydrogen-bond acceptors (Lipinski definition) is 2. The first-order valence-corrected chi connectivity index (χ1v) is 18.3. The number of hydrogen-bond donors (Lipinski definition) is 1. The second kappa shape index (κ2) is 12.5. The lowest BCUT2D eigenvalue weighted by Gasteiger charge is -2.52. The van der Waals surface area contributed by atoms with E-state index in [-0.39, 0.29) is 17.1 Å². The molecule has 0 saturated heterocycles. The Hall–Kier alpha value is -5.06. The van der Waals surface area contributed by atoms with Crippen molar-refractivity contribution in [3.8, 4) is 11.5 Å². The summed E-state index contributed by atoms with van der Waals surface area (Å²) in [5.41, 5.74) is -4.69. The quantitative estimate of drug-likeness (QED) is 0.0694. The SMILES string of the molecule is CC1(C)c2cccc3c2Oc2c1cccc2[P+](c1ccccc1)(c1ccccc1)[B-]N[B-]3(c1c(F)c(F)c(F)c(F)c1F)c1c(F)c(F)c(F)c(F)c1F. The van der Waals surface area contributed by atoms with Gasteiger partial charge in [0.15, 0.2) is 40.7 Å². The molecule has 2 aliphatic heterocycles. The molecule has 2 bridgehead atoms. The van der Waals surface area contributed by atoms with E-state index in [1.165, 1.54) is 19.3 Å². The van der Waals surface area contributed by atoms with Crippen molar-refractivity contribution >= 4 is 52.9 Å². The fraction of sp³-hybridized carbons (Fsp3) is 0.0769. The van der Waals surface area contributed by atoms with Crippen LogP contribution in [0.25, 0.3) is 0 Å². The molecule has 54 heavy (non-hydrogen) atoms. The lowest BCUT2D eigenvalue weighted by molar-refractivity contribution is 0.381. The predicted molar refractivity (Wildman–Crippen MR) is 190 cm³/mol. The van der Waals surface area contributed by atoms with Gasteiger partial charge in [0.2, 0.25) is 0 Å². The molecule has 0 aromatic heterocycles. The molecule has 0 fully saturated rings. The van der Waals surface area contributed by atoms with E-state index in [1.54, 1.807) is 92.7 Å². The van der Waals surface area contributed by atoms with Gasteiger partial charge in [-0.1, -0.05) is 87.7 Å². The van der Waals surface area contributed by atoms with Gasteiger partial charge < -0.3 is 9.88 Å². The molecule has 2 heterocycles. The van der Waals surface area contributed by atoms with E-state index in [0.717, 1.165) is 6.07 Å². The Morgan fingerprint density at radius 3 is 1.37 bits per heavy atom. The molecule has 0 spiro atoms. The fourth-order valence-corrected chi connectivity index (χ4v) is 11.9. The summed E-state index contributed by atoms with van der Waals surface area (Å²) < 4.78 is 164. The van der Waals surface area contributed by atoms with Crippen molar-refractivity contribution in [1.29, 1.82) is 0 Å². The van der Waals surface area contributed by atoms with E-state index < -0.39 is 93.4 Å². The van der Waals surface area contributed by atoms with Crippen molar-refractivity contribution in [3.05, 3.63) is 166 Å². The van der Waals surface area contributed by atoms with E-state index >= 15 is 35.1 Å². The molecule has 0 unspecified atom stereocenters. The molecule has 6 aromatic rings. The monoisotopic (exact) mass is 764 g/mol. The molecule has 2 aliphatic rings. The first-order valence-electron chi connectivity index (χ1n) is 16.5. The average molecular weight is 764 g/mol. The zero-order valence-electron chi connectivity index (χ0n) is 28.0. The van der Waals surface area contributed by atoms with Crippen molar-refractivity contribution < 1.29 is 48.6 Å². The summed E-state index contributed by atoms with van der Waals surface area (Å²) in [6, 6.07) is 26.0. The van der Waals surface area contributed by atoms with Gasteiger partial charge in [-0.2, -0.15) is 0 Å². The minimum absolute atomic E-state index is 0.211. The summed E-state index contributed by atoms with van der Waals surface area (Å²) >= 11 is 0. The van der Waals surface area contributed by atoms with Crippen LogP contribution in [0.1, 0.15) is 25.0 Å². The maximum atomic E-state index is 16.6. The van der Waals surface area contributed by atoms with Gasteiger partial charge in [0.1, 0.15) is 29.5 Å². The van der Waals surface area contributed by atoms with Gasteiger partial charge in [-0.3, -0.25) is 0 Å². The standard InChI is InChI=1S/C39H23B2F10NOP/c1-39(2)21-15-9-17-23-37(21)53-38-22(39)16-10-18-24(38)54(19-11-5-3-6-12-19,20-13-7-4-8-14-20)40-52-41(23,25-27(42)31(46)35(50)32(47)28(25)43)26-29(44)33(48)36(51)34(49)30(26)45/h3-18,52H,1-2H3/q-1. The highest BCUT2D eigenvalue weighted by molar-refractivity contribution is 8.16. The first kappa shape index (κ1) is 35.9. The Morgan fingerprint density at radius 2 is 0.907 bits per heavy atom. The summed E-state index contributed by atoms with van der Waals surface area (Å²) in [6.45, 7) is 3.51. The van der Waals surface area contributed by atoms with E-state index in [9.17, 15) is 8.78 Å². The van der Waals surface area contributed by atoms with Crippen molar-refractivity contribution in [2.24, 2.45) is 0 Å². The summed E-state index contributed by atoms with van der Waals surface area (Å²) in [5.74, 6) is -25.7. The Bertz CT molecular complexity index is 2370. The van der Waals surface area contributed by atoms with Crippen LogP contribution < -0.4 is 42.2 Å². The third-order valence-electron chi connectivity index (χ3n) is 10.6. The number of para-hydroxylation sites is 2. The van der Waals surface area contributed by atoms with Crippen LogP contribution in [-0.4, -0.2) is 13.4 Å². The third-order valence-corrected chi connectivity index (χ3v) is 14.5. The van der Waals surface area contributed by atoms with Crippen LogP contribution in [0.4, 0.5) is 43.9 Å². The van der Waals surface area contributed by atoms with Crippen LogP contribution in [-0.2, 0) is 5.41 Å². The van der Waals surface area contributed by atoms with Crippen molar-refractivity contribution in [3.63, 3.8) is 0 Å². The maximum Gasteiger partial charge on any atom is 0.200 e. The number of ether oxygens (including phenoxy) is 1. The third kappa shape index (κ3) is 4.65. The van der Waals surface area contributed by atoms with Crippen LogP contribution >= 0.6 is 7.14 Å². The molecular formula is C39H23B2F10NOP-. The summed E-state index contributed by atoms with van der Waals surface area (Å²) in [4.78, 5) is 0. The van der Waals surface area contributed by atoms with E-state index in [0.29, 0.717) is 21.5 Å². The van der Waals surface area contributed by atoms with E-state index in [2.05, 4.69) is 5.14 Å². The number of halogens is 10. The van der Waals surface area contributed by atoms with Crippen molar-refractivity contribution in [2.75, 3.05) is 0 Å². The normalized spacial score (nSPS) is 16.2. The minimum atomic E-state index is -4.72. The summed E-state index contributed by atoms with van der Waals surface area (Å²) in [5, 5.41) is 4.19. The molecule has 0 amide bonds. The molecule has 0 aliphatic carbocycles. The molecule has 2 radical (unpaired) electrons. The zero-order valence-corrected chi connectivity index (χ0v) is 28.9. The smallest absolute Gasteiger partial charge is 0.200 e. The van der Waals surface area contributed by atoms with Crippen LogP contribution in [0.2, 0.25) is 0 Å². The van der Waals surface area contributed by atoms with Gasteiger partial charge in [0.05, 0.1) is 21.7 Å². The molecule has 8 rings (SSSR count). The Balaban J connectivity index is 1.66. The highest BCUT2D eigenvalue weighted by atomic mass is 31.2. The molecule has 1 N–H and O–H groups in total. The van der Waals surface area contributed by atoms with Gasteiger partial charge in [-0.15, -0.1) is 16.4 Å². The number of benzene rings is 6. The predicted octanol–water partition coefficient (Wildman–Crippen LogP) is 6.91. The van der Waals surface area contributed by atoms with Crippen LogP contribution in [0, 0.1) is 58.2 Å². The van der Waals surface area contributed by atoms with Crippen LogP contribution in [0.15, 0.2) is 97.1 Å².